The van der Waals surface area contributed by atoms with Gasteiger partial charge < -0.3 is 14.8 Å². The summed E-state index contributed by atoms with van der Waals surface area (Å²) >= 11 is 1.73. The number of Topliss-reactive ketones (excluding diaryl/α,β-unsaturated/α-hetero) is 1. The Labute approximate surface area is 162 Å². The number of fused-ring (bicyclic) bond motifs is 2. The number of allylic oxidation sites excluding steroid dienone is 1. The van der Waals surface area contributed by atoms with Crippen LogP contribution in [0.2, 0.25) is 0 Å². The molecule has 0 radical (unpaired) electrons. The monoisotopic (exact) mass is 379 g/mol. The fourth-order valence-corrected chi connectivity index (χ4v) is 5.41. The van der Waals surface area contributed by atoms with Crippen LogP contribution in [0.1, 0.15) is 37.5 Å². The number of carbonyl (C=O) groups is 1. The van der Waals surface area contributed by atoms with Crippen molar-refractivity contribution in [2.24, 2.45) is 5.41 Å². The first kappa shape index (κ1) is 16.8. The van der Waals surface area contributed by atoms with E-state index in [1.807, 2.05) is 24.3 Å². The van der Waals surface area contributed by atoms with Gasteiger partial charge in [-0.1, -0.05) is 32.0 Å². The minimum absolute atomic E-state index is 0.0354. The molecule has 2 heterocycles. The van der Waals surface area contributed by atoms with Crippen LogP contribution < -0.4 is 14.8 Å². The van der Waals surface area contributed by atoms with Gasteiger partial charge in [0.2, 0.25) is 6.79 Å². The van der Waals surface area contributed by atoms with Crippen molar-refractivity contribution < 1.29 is 14.3 Å². The van der Waals surface area contributed by atoms with E-state index >= 15 is 0 Å². The largest absolute Gasteiger partial charge is 0.454 e. The average Bonchev–Trinajstić information content (AvgIpc) is 3.01. The van der Waals surface area contributed by atoms with Crippen molar-refractivity contribution in [1.82, 2.24) is 0 Å². The Morgan fingerprint density at radius 3 is 2.78 bits per heavy atom. The Morgan fingerprint density at radius 1 is 1.07 bits per heavy atom. The standard InChI is InChI=1S/C22H21NO3S/c1-22(2)10-15-20(16(24)11-22)21(27-19-6-4-3-5-14(19)23-15)13-7-8-17-18(9-13)26-12-25-17/h3-9,21,23H,10-12H2,1-2H3/t21-/m0/s1. The summed E-state index contributed by atoms with van der Waals surface area (Å²) in [7, 11) is 0. The molecule has 2 aromatic rings. The molecule has 0 aromatic heterocycles. The summed E-state index contributed by atoms with van der Waals surface area (Å²) < 4.78 is 11.0. The first-order valence-corrected chi connectivity index (χ1v) is 10.1. The molecule has 2 aromatic carbocycles. The molecule has 0 fully saturated rings. The van der Waals surface area contributed by atoms with Gasteiger partial charge in [-0.05, 0) is 41.7 Å². The van der Waals surface area contributed by atoms with E-state index < -0.39 is 0 Å². The Morgan fingerprint density at radius 2 is 1.89 bits per heavy atom. The maximum atomic E-state index is 13.2. The Kier molecular flexibility index (Phi) is 3.76. The van der Waals surface area contributed by atoms with Crippen molar-refractivity contribution in [3.63, 3.8) is 0 Å². The van der Waals surface area contributed by atoms with Crippen LogP contribution in [0.25, 0.3) is 0 Å². The topological polar surface area (TPSA) is 47.6 Å². The second-order valence-electron chi connectivity index (χ2n) is 8.06. The summed E-state index contributed by atoms with van der Waals surface area (Å²) in [6.45, 7) is 4.58. The molecule has 0 saturated heterocycles. The van der Waals surface area contributed by atoms with Gasteiger partial charge in [-0.2, -0.15) is 0 Å². The molecule has 5 rings (SSSR count). The normalized spacial score (nSPS) is 22.6. The van der Waals surface area contributed by atoms with Gasteiger partial charge in [0.05, 0.1) is 10.9 Å². The molecular formula is C22H21NO3S. The summed E-state index contributed by atoms with van der Waals surface area (Å²) in [5, 5.41) is 3.52. The van der Waals surface area contributed by atoms with Crippen LogP contribution in [0.5, 0.6) is 11.5 Å². The number of rotatable bonds is 1. The summed E-state index contributed by atoms with van der Waals surface area (Å²) in [4.78, 5) is 14.4. The molecule has 27 heavy (non-hydrogen) atoms. The lowest BCUT2D eigenvalue weighted by Gasteiger charge is -2.33. The zero-order chi connectivity index (χ0) is 18.6. The molecule has 0 bridgehead atoms. The smallest absolute Gasteiger partial charge is 0.231 e. The van der Waals surface area contributed by atoms with E-state index in [-0.39, 0.29) is 23.2 Å². The third-order valence-electron chi connectivity index (χ3n) is 5.30. The molecule has 4 nitrogen and oxygen atoms in total. The van der Waals surface area contributed by atoms with Crippen molar-refractivity contribution in [2.75, 3.05) is 12.1 Å². The number of anilines is 1. The number of para-hydroxylation sites is 1. The van der Waals surface area contributed by atoms with Crippen molar-refractivity contribution in [3.05, 3.63) is 59.3 Å². The van der Waals surface area contributed by atoms with Crippen LogP contribution in [0.15, 0.2) is 58.6 Å². The van der Waals surface area contributed by atoms with Gasteiger partial charge in [-0.3, -0.25) is 4.79 Å². The van der Waals surface area contributed by atoms with E-state index in [1.165, 1.54) is 0 Å². The van der Waals surface area contributed by atoms with E-state index in [0.29, 0.717) is 6.42 Å². The second kappa shape index (κ2) is 6.06. The van der Waals surface area contributed by atoms with Crippen LogP contribution in [0.3, 0.4) is 0 Å². The summed E-state index contributed by atoms with van der Waals surface area (Å²) in [5.74, 6) is 1.75. The highest BCUT2D eigenvalue weighted by Gasteiger charge is 2.39. The third kappa shape index (κ3) is 2.90. The second-order valence-corrected chi connectivity index (χ2v) is 9.21. The molecule has 5 heteroatoms. The molecule has 0 unspecified atom stereocenters. The number of ketones is 1. The minimum Gasteiger partial charge on any atom is -0.454 e. The minimum atomic E-state index is -0.0609. The van der Waals surface area contributed by atoms with Crippen LogP contribution in [-0.2, 0) is 4.79 Å². The molecule has 1 aliphatic carbocycles. The molecule has 1 N–H and O–H groups in total. The highest BCUT2D eigenvalue weighted by atomic mass is 32.2. The quantitative estimate of drug-likeness (QED) is 0.727. The van der Waals surface area contributed by atoms with Gasteiger partial charge >= 0.3 is 0 Å². The van der Waals surface area contributed by atoms with Crippen LogP contribution in [0, 0.1) is 5.41 Å². The lowest BCUT2D eigenvalue weighted by atomic mass is 9.74. The fraction of sp³-hybridized carbons (Fsp3) is 0.318. The Hall–Kier alpha value is -2.40. The molecule has 0 saturated carbocycles. The van der Waals surface area contributed by atoms with Crippen LogP contribution in [0.4, 0.5) is 5.69 Å². The lowest BCUT2D eigenvalue weighted by Crippen LogP contribution is -2.29. The van der Waals surface area contributed by atoms with E-state index in [9.17, 15) is 4.79 Å². The maximum Gasteiger partial charge on any atom is 0.231 e. The zero-order valence-electron chi connectivity index (χ0n) is 15.4. The van der Waals surface area contributed by atoms with Crippen molar-refractivity contribution in [1.29, 1.82) is 0 Å². The number of thioether (sulfide) groups is 1. The first-order chi connectivity index (χ1) is 13.0. The lowest BCUT2D eigenvalue weighted by molar-refractivity contribution is -0.118. The van der Waals surface area contributed by atoms with E-state index in [4.69, 9.17) is 9.47 Å². The van der Waals surface area contributed by atoms with Crippen molar-refractivity contribution in [2.45, 2.75) is 36.8 Å². The third-order valence-corrected chi connectivity index (χ3v) is 6.65. The molecule has 3 aliphatic rings. The maximum absolute atomic E-state index is 13.2. The predicted octanol–water partition coefficient (Wildman–Crippen LogP) is 5.32. The SMILES string of the molecule is CC1(C)CC(=O)C2=C(C1)Nc1ccccc1S[C@H]2c1ccc2c(c1)OCO2. The highest BCUT2D eigenvalue weighted by molar-refractivity contribution is 8.00. The van der Waals surface area contributed by atoms with Gasteiger partial charge in [0.15, 0.2) is 17.3 Å². The Balaban J connectivity index is 1.67. The van der Waals surface area contributed by atoms with Gasteiger partial charge in [0.1, 0.15) is 0 Å². The van der Waals surface area contributed by atoms with Crippen LogP contribution in [-0.4, -0.2) is 12.6 Å². The Bertz CT molecular complexity index is 979. The number of nitrogens with one attached hydrogen (secondary N) is 1. The van der Waals surface area contributed by atoms with Gasteiger partial charge in [0, 0.05) is 22.6 Å². The zero-order valence-corrected chi connectivity index (χ0v) is 16.2. The summed E-state index contributed by atoms with van der Waals surface area (Å²) in [5.41, 5.74) is 4.06. The van der Waals surface area contributed by atoms with Gasteiger partial charge in [-0.15, -0.1) is 11.8 Å². The fourth-order valence-electron chi connectivity index (χ4n) is 4.08. The van der Waals surface area contributed by atoms with Crippen LogP contribution >= 0.6 is 11.8 Å². The molecule has 0 amide bonds. The number of benzene rings is 2. The molecule has 0 spiro atoms. The first-order valence-electron chi connectivity index (χ1n) is 9.19. The number of hydrogen-bond donors (Lipinski definition) is 1. The van der Waals surface area contributed by atoms with E-state index in [1.54, 1.807) is 11.8 Å². The van der Waals surface area contributed by atoms with Crippen molar-refractivity contribution in [3.8, 4) is 11.5 Å². The number of hydrogen-bond acceptors (Lipinski definition) is 5. The molecular weight excluding hydrogens is 358 g/mol. The van der Waals surface area contributed by atoms with Gasteiger partial charge in [-0.25, -0.2) is 0 Å². The number of ether oxygens (including phenoxy) is 2. The van der Waals surface area contributed by atoms with Crippen molar-refractivity contribution >= 4 is 23.2 Å². The summed E-state index contributed by atoms with van der Waals surface area (Å²) in [6, 6.07) is 14.3. The molecule has 2 aliphatic heterocycles. The molecule has 138 valence electrons. The average molecular weight is 379 g/mol. The predicted molar refractivity (Wildman–Crippen MR) is 106 cm³/mol. The number of carbonyl (C=O) groups excluding carboxylic acids is 1. The highest BCUT2D eigenvalue weighted by Crippen LogP contribution is 2.52. The van der Waals surface area contributed by atoms with Gasteiger partial charge in [0.25, 0.3) is 0 Å². The summed E-state index contributed by atoms with van der Waals surface area (Å²) in [6.07, 6.45) is 1.44. The van der Waals surface area contributed by atoms with E-state index in [0.717, 1.165) is 45.3 Å². The van der Waals surface area contributed by atoms with E-state index in [2.05, 4.69) is 37.4 Å². The molecule has 1 atom stereocenters.